The van der Waals surface area contributed by atoms with Crippen LogP contribution in [0, 0.1) is 0 Å². The number of pyridine rings is 1. The van der Waals surface area contributed by atoms with Crippen molar-refractivity contribution in [1.82, 2.24) is 20.1 Å². The Morgan fingerprint density at radius 3 is 2.68 bits per heavy atom. The molecule has 4 heterocycles. The zero-order valence-electron chi connectivity index (χ0n) is 18.6. The topological polar surface area (TPSA) is 53.8 Å². The van der Waals surface area contributed by atoms with E-state index in [0.29, 0.717) is 20.9 Å². The van der Waals surface area contributed by atoms with Gasteiger partial charge in [0.2, 0.25) is 0 Å². The summed E-state index contributed by atoms with van der Waals surface area (Å²) < 4.78 is 11.8. The van der Waals surface area contributed by atoms with Gasteiger partial charge in [-0.3, -0.25) is 9.88 Å². The van der Waals surface area contributed by atoms with Crippen LogP contribution in [0.2, 0.25) is 10.0 Å². The second-order valence-corrected chi connectivity index (χ2v) is 9.60. The highest BCUT2D eigenvalue weighted by atomic mass is 35.5. The normalized spacial score (nSPS) is 21.1. The van der Waals surface area contributed by atoms with E-state index in [2.05, 4.69) is 20.1 Å². The van der Waals surface area contributed by atoms with E-state index in [1.54, 1.807) is 12.3 Å². The number of rotatable bonds is 7. The standard InChI is InChI=1S/C25H26Cl2N4O2S/c26-18-6-3-5-17(22(18)27)20-8-9-21(33-20)24-23(19-7-1-2-10-28-19)29-25(34)31(24)12-4-11-30-13-15-32-16-14-30/h1-3,5-10,23-24H,4,11-16H2,(H,29,34)/t23-,24+/m1/s1. The van der Waals surface area contributed by atoms with Crippen molar-refractivity contribution in [3.8, 4) is 11.3 Å². The SMILES string of the molecule is S=C1N[C@H](c2ccccn2)[C@H](c2ccc(-c3cccc(Cl)c3Cl)o2)N1CCCN1CCOCC1. The van der Waals surface area contributed by atoms with Crippen LogP contribution in [0.4, 0.5) is 0 Å². The van der Waals surface area contributed by atoms with Crippen LogP contribution >= 0.6 is 35.4 Å². The van der Waals surface area contributed by atoms with Gasteiger partial charge in [0.1, 0.15) is 17.6 Å². The van der Waals surface area contributed by atoms with E-state index in [4.69, 9.17) is 44.6 Å². The summed E-state index contributed by atoms with van der Waals surface area (Å²) in [7, 11) is 0. The molecule has 178 valence electrons. The molecule has 0 amide bonds. The lowest BCUT2D eigenvalue weighted by Gasteiger charge is -2.29. The summed E-state index contributed by atoms with van der Waals surface area (Å²) in [5.41, 5.74) is 1.69. The lowest BCUT2D eigenvalue weighted by atomic mass is 10.0. The van der Waals surface area contributed by atoms with E-state index in [1.165, 1.54) is 0 Å². The Labute approximate surface area is 214 Å². The van der Waals surface area contributed by atoms with Gasteiger partial charge in [-0.1, -0.05) is 35.3 Å². The summed E-state index contributed by atoms with van der Waals surface area (Å²) in [4.78, 5) is 9.26. The van der Waals surface area contributed by atoms with Crippen molar-refractivity contribution in [3.63, 3.8) is 0 Å². The number of aromatic nitrogens is 1. The molecule has 1 N–H and O–H groups in total. The zero-order valence-corrected chi connectivity index (χ0v) is 21.0. The number of morpholine rings is 1. The number of ether oxygens (including phenoxy) is 1. The van der Waals surface area contributed by atoms with Gasteiger partial charge in [-0.2, -0.15) is 0 Å². The van der Waals surface area contributed by atoms with Gasteiger partial charge >= 0.3 is 0 Å². The lowest BCUT2D eigenvalue weighted by Crippen LogP contribution is -2.38. The van der Waals surface area contributed by atoms with Gasteiger partial charge < -0.3 is 19.4 Å². The third-order valence-electron chi connectivity index (χ3n) is 6.31. The molecule has 0 radical (unpaired) electrons. The molecule has 1 aromatic carbocycles. The molecule has 5 rings (SSSR count). The molecule has 0 unspecified atom stereocenters. The van der Waals surface area contributed by atoms with Crippen LogP contribution in [0.1, 0.15) is 30.0 Å². The number of nitrogens with zero attached hydrogens (tertiary/aromatic N) is 3. The maximum Gasteiger partial charge on any atom is 0.170 e. The monoisotopic (exact) mass is 516 g/mol. The van der Waals surface area contributed by atoms with Crippen LogP contribution in [0.25, 0.3) is 11.3 Å². The molecular weight excluding hydrogens is 491 g/mol. The fraction of sp³-hybridized carbons (Fsp3) is 0.360. The molecular formula is C25H26Cl2N4O2S. The van der Waals surface area contributed by atoms with E-state index < -0.39 is 0 Å². The van der Waals surface area contributed by atoms with Crippen LogP contribution in [-0.4, -0.2) is 59.3 Å². The van der Waals surface area contributed by atoms with Crippen LogP contribution in [0.3, 0.4) is 0 Å². The summed E-state index contributed by atoms with van der Waals surface area (Å²) >= 11 is 18.5. The minimum absolute atomic E-state index is 0.120. The molecule has 6 nitrogen and oxygen atoms in total. The van der Waals surface area contributed by atoms with Gasteiger partial charge in [-0.25, -0.2) is 0 Å². The number of hydrogen-bond acceptors (Lipinski definition) is 5. The van der Waals surface area contributed by atoms with Crippen LogP contribution < -0.4 is 5.32 Å². The summed E-state index contributed by atoms with van der Waals surface area (Å²) in [5, 5.41) is 5.17. The van der Waals surface area contributed by atoms with Gasteiger partial charge in [-0.05, 0) is 55.0 Å². The Bertz CT molecular complexity index is 1140. The van der Waals surface area contributed by atoms with Crippen molar-refractivity contribution in [2.75, 3.05) is 39.4 Å². The van der Waals surface area contributed by atoms with Crippen molar-refractivity contribution in [2.24, 2.45) is 0 Å². The highest BCUT2D eigenvalue weighted by Crippen LogP contribution is 2.42. The summed E-state index contributed by atoms with van der Waals surface area (Å²) in [6, 6.07) is 15.2. The second-order valence-electron chi connectivity index (χ2n) is 8.43. The molecule has 2 atom stereocenters. The Balaban J connectivity index is 1.41. The third-order valence-corrected chi connectivity index (χ3v) is 7.48. The number of halogens is 2. The first-order valence-corrected chi connectivity index (χ1v) is 12.6. The molecule has 2 saturated heterocycles. The number of thiocarbonyl (C=S) groups is 1. The largest absolute Gasteiger partial charge is 0.459 e. The van der Waals surface area contributed by atoms with Gasteiger partial charge in [-0.15, -0.1) is 0 Å². The molecule has 2 aliphatic heterocycles. The maximum atomic E-state index is 6.46. The number of furan rings is 1. The fourth-order valence-corrected chi connectivity index (χ4v) is 5.32. The number of benzene rings is 1. The zero-order chi connectivity index (χ0) is 23.5. The van der Waals surface area contributed by atoms with Gasteiger partial charge in [0.15, 0.2) is 5.11 Å². The molecule has 0 spiro atoms. The van der Waals surface area contributed by atoms with Crippen LogP contribution in [-0.2, 0) is 4.74 Å². The molecule has 34 heavy (non-hydrogen) atoms. The first kappa shape index (κ1) is 23.6. The Morgan fingerprint density at radius 2 is 1.88 bits per heavy atom. The quantitative estimate of drug-likeness (QED) is 0.425. The Hall–Kier alpha value is -2.16. The van der Waals surface area contributed by atoms with E-state index >= 15 is 0 Å². The van der Waals surface area contributed by atoms with Crippen LogP contribution in [0.5, 0.6) is 0 Å². The average molecular weight is 517 g/mol. The first-order valence-electron chi connectivity index (χ1n) is 11.4. The van der Waals surface area contributed by atoms with Crippen molar-refractivity contribution in [2.45, 2.75) is 18.5 Å². The minimum atomic E-state index is -0.126. The molecule has 3 aromatic rings. The number of nitrogens with one attached hydrogen (secondary N) is 1. The molecule has 0 saturated carbocycles. The van der Waals surface area contributed by atoms with Crippen molar-refractivity contribution in [3.05, 3.63) is 76.2 Å². The summed E-state index contributed by atoms with van der Waals surface area (Å²) in [5.74, 6) is 1.48. The third kappa shape index (κ3) is 4.95. The number of hydrogen-bond donors (Lipinski definition) is 1. The maximum absolute atomic E-state index is 6.46. The van der Waals surface area contributed by atoms with Crippen molar-refractivity contribution >= 4 is 40.5 Å². The highest BCUT2D eigenvalue weighted by molar-refractivity contribution is 7.80. The predicted molar refractivity (Wildman–Crippen MR) is 138 cm³/mol. The van der Waals surface area contributed by atoms with Crippen molar-refractivity contribution in [1.29, 1.82) is 0 Å². The van der Waals surface area contributed by atoms with Crippen molar-refractivity contribution < 1.29 is 9.15 Å². The Kier molecular flexibility index (Phi) is 7.37. The minimum Gasteiger partial charge on any atom is -0.459 e. The molecule has 2 fully saturated rings. The van der Waals surface area contributed by atoms with Gasteiger partial charge in [0, 0.05) is 37.9 Å². The highest BCUT2D eigenvalue weighted by Gasteiger charge is 2.41. The molecule has 9 heteroatoms. The van der Waals surface area contributed by atoms with Gasteiger partial charge in [0.25, 0.3) is 0 Å². The fourth-order valence-electron chi connectivity index (χ4n) is 4.60. The first-order chi connectivity index (χ1) is 16.6. The molecule has 2 aliphatic rings. The average Bonchev–Trinajstić information content (AvgIpc) is 3.47. The van der Waals surface area contributed by atoms with E-state index in [0.717, 1.165) is 62.8 Å². The summed E-state index contributed by atoms with van der Waals surface area (Å²) in [6.07, 6.45) is 2.79. The predicted octanol–water partition coefficient (Wildman–Crippen LogP) is 5.34. The van der Waals surface area contributed by atoms with Crippen LogP contribution in [0.15, 0.2) is 59.1 Å². The van der Waals surface area contributed by atoms with Gasteiger partial charge in [0.05, 0.1) is 35.0 Å². The van der Waals surface area contributed by atoms with E-state index in [1.807, 2.05) is 42.5 Å². The van der Waals surface area contributed by atoms with E-state index in [9.17, 15) is 0 Å². The smallest absolute Gasteiger partial charge is 0.170 e. The molecule has 0 aliphatic carbocycles. The molecule has 2 aromatic heterocycles. The molecule has 0 bridgehead atoms. The van der Waals surface area contributed by atoms with E-state index in [-0.39, 0.29) is 12.1 Å². The Morgan fingerprint density at radius 1 is 1.03 bits per heavy atom. The second kappa shape index (κ2) is 10.6. The lowest BCUT2D eigenvalue weighted by molar-refractivity contribution is 0.0365. The summed E-state index contributed by atoms with van der Waals surface area (Å²) in [6.45, 7) is 5.37.